The standard InChI is InChI=1S/C14H17NO5S/c1-20-11(17)7-6-10(16)15-13-12(14(18)19)8-4-2-3-5-9(8)21-13/h2-7H2,1H3,(H,15,16)(H,18,19). The molecule has 1 aromatic heterocycles. The summed E-state index contributed by atoms with van der Waals surface area (Å²) < 4.78 is 4.47. The molecule has 7 heteroatoms. The summed E-state index contributed by atoms with van der Waals surface area (Å²) in [6.07, 6.45) is 3.58. The maximum Gasteiger partial charge on any atom is 0.339 e. The Balaban J connectivity index is 2.12. The first kappa shape index (κ1) is 15.5. The molecule has 2 rings (SSSR count). The summed E-state index contributed by atoms with van der Waals surface area (Å²) in [5, 5.41) is 12.4. The van der Waals surface area contributed by atoms with Crippen LogP contribution in [0.5, 0.6) is 0 Å². The molecule has 0 bridgehead atoms. The van der Waals surface area contributed by atoms with Crippen molar-refractivity contribution in [1.82, 2.24) is 0 Å². The molecular weight excluding hydrogens is 294 g/mol. The van der Waals surface area contributed by atoms with Gasteiger partial charge in [-0.15, -0.1) is 11.3 Å². The molecule has 0 fully saturated rings. The minimum absolute atomic E-state index is 0.0180. The van der Waals surface area contributed by atoms with Crippen LogP contribution in [0.1, 0.15) is 46.5 Å². The first-order chi connectivity index (χ1) is 10.0. The number of carboxylic acid groups (broad SMARTS) is 1. The summed E-state index contributed by atoms with van der Waals surface area (Å²) in [6.45, 7) is 0. The Kier molecular flexibility index (Phi) is 4.95. The number of rotatable bonds is 5. The number of methoxy groups -OCH3 is 1. The Bertz CT molecular complexity index is 578. The van der Waals surface area contributed by atoms with Gasteiger partial charge in [0.2, 0.25) is 5.91 Å². The van der Waals surface area contributed by atoms with Crippen LogP contribution in [-0.2, 0) is 27.2 Å². The number of carbonyl (C=O) groups excluding carboxylic acids is 2. The van der Waals surface area contributed by atoms with Gasteiger partial charge in [-0.3, -0.25) is 9.59 Å². The van der Waals surface area contributed by atoms with E-state index in [0.29, 0.717) is 5.00 Å². The highest BCUT2D eigenvalue weighted by Crippen LogP contribution is 2.38. The van der Waals surface area contributed by atoms with Gasteiger partial charge in [-0.1, -0.05) is 0 Å². The van der Waals surface area contributed by atoms with E-state index in [4.69, 9.17) is 0 Å². The minimum Gasteiger partial charge on any atom is -0.478 e. The van der Waals surface area contributed by atoms with Crippen molar-refractivity contribution in [2.45, 2.75) is 38.5 Å². The molecule has 0 atom stereocenters. The lowest BCUT2D eigenvalue weighted by Crippen LogP contribution is -2.15. The summed E-state index contributed by atoms with van der Waals surface area (Å²) in [6, 6.07) is 0. The van der Waals surface area contributed by atoms with Gasteiger partial charge in [-0.05, 0) is 31.2 Å². The minimum atomic E-state index is -1.02. The molecule has 2 N–H and O–H groups in total. The van der Waals surface area contributed by atoms with Crippen LogP contribution < -0.4 is 5.32 Å². The van der Waals surface area contributed by atoms with Crippen molar-refractivity contribution in [3.63, 3.8) is 0 Å². The number of aromatic carboxylic acids is 1. The van der Waals surface area contributed by atoms with E-state index in [-0.39, 0.29) is 24.3 Å². The molecule has 0 saturated carbocycles. The van der Waals surface area contributed by atoms with E-state index in [0.717, 1.165) is 36.1 Å². The van der Waals surface area contributed by atoms with Crippen LogP contribution in [0.25, 0.3) is 0 Å². The van der Waals surface area contributed by atoms with Gasteiger partial charge in [-0.2, -0.15) is 0 Å². The van der Waals surface area contributed by atoms with Gasteiger partial charge in [0.1, 0.15) is 5.00 Å². The first-order valence-corrected chi connectivity index (χ1v) is 7.59. The van der Waals surface area contributed by atoms with Gasteiger partial charge in [0.25, 0.3) is 0 Å². The predicted molar refractivity (Wildman–Crippen MR) is 77.8 cm³/mol. The number of thiophene rings is 1. The third-order valence-corrected chi connectivity index (χ3v) is 4.63. The number of nitrogens with one attached hydrogen (secondary N) is 1. The number of amides is 1. The highest BCUT2D eigenvalue weighted by atomic mass is 32.1. The molecule has 0 unspecified atom stereocenters. The number of carbonyl (C=O) groups is 3. The topological polar surface area (TPSA) is 92.7 Å². The maximum atomic E-state index is 11.8. The summed E-state index contributed by atoms with van der Waals surface area (Å²) in [5.74, 6) is -1.85. The molecule has 1 aromatic rings. The van der Waals surface area contributed by atoms with Crippen LogP contribution in [-0.4, -0.2) is 30.1 Å². The fraction of sp³-hybridized carbons (Fsp3) is 0.500. The van der Waals surface area contributed by atoms with E-state index in [1.54, 1.807) is 0 Å². The van der Waals surface area contributed by atoms with Crippen molar-refractivity contribution in [2.24, 2.45) is 0 Å². The number of ether oxygens (including phenoxy) is 1. The monoisotopic (exact) mass is 311 g/mol. The zero-order chi connectivity index (χ0) is 15.4. The van der Waals surface area contributed by atoms with E-state index in [1.807, 2.05) is 0 Å². The summed E-state index contributed by atoms with van der Waals surface area (Å²) in [4.78, 5) is 35.3. The number of carboxylic acids is 1. The van der Waals surface area contributed by atoms with Crippen molar-refractivity contribution in [3.05, 3.63) is 16.0 Å². The van der Waals surface area contributed by atoms with E-state index in [2.05, 4.69) is 10.1 Å². The van der Waals surface area contributed by atoms with Crippen molar-refractivity contribution < 1.29 is 24.2 Å². The van der Waals surface area contributed by atoms with Gasteiger partial charge in [0.05, 0.1) is 19.1 Å². The Morgan fingerprint density at radius 1 is 1.24 bits per heavy atom. The molecule has 0 radical (unpaired) electrons. The van der Waals surface area contributed by atoms with Gasteiger partial charge in [0.15, 0.2) is 0 Å². The molecule has 21 heavy (non-hydrogen) atoms. The van der Waals surface area contributed by atoms with Crippen molar-refractivity contribution in [1.29, 1.82) is 0 Å². The summed E-state index contributed by atoms with van der Waals surface area (Å²) in [7, 11) is 1.26. The summed E-state index contributed by atoms with van der Waals surface area (Å²) in [5.41, 5.74) is 1.06. The maximum absolute atomic E-state index is 11.8. The Hall–Kier alpha value is -1.89. The van der Waals surface area contributed by atoms with Crippen LogP contribution in [0.2, 0.25) is 0 Å². The fourth-order valence-corrected chi connectivity index (χ4v) is 3.68. The number of hydrogen-bond donors (Lipinski definition) is 2. The second kappa shape index (κ2) is 6.71. The molecule has 1 aliphatic carbocycles. The van der Waals surface area contributed by atoms with Crippen LogP contribution in [0.3, 0.4) is 0 Å². The molecule has 0 saturated heterocycles. The first-order valence-electron chi connectivity index (χ1n) is 6.77. The van der Waals surface area contributed by atoms with Gasteiger partial charge in [0, 0.05) is 11.3 Å². The Labute approximate surface area is 126 Å². The second-order valence-corrected chi connectivity index (χ2v) is 5.95. The number of fused-ring (bicyclic) bond motifs is 1. The molecule has 0 spiro atoms. The molecule has 0 aromatic carbocycles. The second-order valence-electron chi connectivity index (χ2n) is 4.84. The highest BCUT2D eigenvalue weighted by Gasteiger charge is 2.26. The smallest absolute Gasteiger partial charge is 0.339 e. The lowest BCUT2D eigenvalue weighted by atomic mass is 9.95. The number of hydrogen-bond acceptors (Lipinski definition) is 5. The number of anilines is 1. The fourth-order valence-electron chi connectivity index (χ4n) is 2.39. The molecule has 6 nitrogen and oxygen atoms in total. The molecule has 0 aliphatic heterocycles. The zero-order valence-corrected chi connectivity index (χ0v) is 12.5. The van der Waals surface area contributed by atoms with E-state index < -0.39 is 11.9 Å². The van der Waals surface area contributed by atoms with Crippen molar-refractivity contribution in [2.75, 3.05) is 12.4 Å². The lowest BCUT2D eigenvalue weighted by Gasteiger charge is -2.10. The normalized spacial score (nSPS) is 13.4. The van der Waals surface area contributed by atoms with Gasteiger partial charge >= 0.3 is 11.9 Å². The lowest BCUT2D eigenvalue weighted by molar-refractivity contribution is -0.141. The van der Waals surface area contributed by atoms with Gasteiger partial charge in [-0.25, -0.2) is 4.79 Å². The van der Waals surface area contributed by atoms with Crippen LogP contribution in [0.4, 0.5) is 5.00 Å². The Morgan fingerprint density at radius 2 is 1.95 bits per heavy atom. The number of aryl methyl sites for hydroxylation is 1. The SMILES string of the molecule is COC(=O)CCC(=O)Nc1sc2c(c1C(=O)O)CCCC2. The summed E-state index contributed by atoms with van der Waals surface area (Å²) >= 11 is 1.33. The Morgan fingerprint density at radius 3 is 2.62 bits per heavy atom. The molecular formula is C14H17NO5S. The van der Waals surface area contributed by atoms with Crippen molar-refractivity contribution >= 4 is 34.2 Å². The largest absolute Gasteiger partial charge is 0.478 e. The van der Waals surface area contributed by atoms with E-state index in [1.165, 1.54) is 18.4 Å². The number of esters is 1. The highest BCUT2D eigenvalue weighted by molar-refractivity contribution is 7.17. The quantitative estimate of drug-likeness (QED) is 0.813. The molecule has 1 heterocycles. The zero-order valence-electron chi connectivity index (χ0n) is 11.7. The third kappa shape index (κ3) is 3.60. The van der Waals surface area contributed by atoms with E-state index in [9.17, 15) is 19.5 Å². The predicted octanol–water partition coefficient (Wildman–Crippen LogP) is 2.22. The van der Waals surface area contributed by atoms with Crippen LogP contribution in [0, 0.1) is 0 Å². The third-order valence-electron chi connectivity index (χ3n) is 3.42. The van der Waals surface area contributed by atoms with Crippen LogP contribution in [0.15, 0.2) is 0 Å². The molecule has 1 aliphatic rings. The van der Waals surface area contributed by atoms with Crippen LogP contribution >= 0.6 is 11.3 Å². The van der Waals surface area contributed by atoms with Crippen molar-refractivity contribution in [3.8, 4) is 0 Å². The molecule has 114 valence electrons. The average molecular weight is 311 g/mol. The molecule has 1 amide bonds. The van der Waals surface area contributed by atoms with E-state index >= 15 is 0 Å². The average Bonchev–Trinajstić information content (AvgIpc) is 2.82. The van der Waals surface area contributed by atoms with Gasteiger partial charge < -0.3 is 15.2 Å².